The van der Waals surface area contributed by atoms with Crippen LogP contribution < -0.4 is 10.6 Å². The van der Waals surface area contributed by atoms with Gasteiger partial charge in [0.15, 0.2) is 0 Å². The molecule has 0 aromatic carbocycles. The topological polar surface area (TPSA) is 53.6 Å². The van der Waals surface area contributed by atoms with Gasteiger partial charge in [0, 0.05) is 32.7 Å². The summed E-state index contributed by atoms with van der Waals surface area (Å²) in [5.74, 6) is 0.428. The smallest absolute Gasteiger partial charge is 0.223 e. The number of nitrogens with zero attached hydrogens (tertiary/aromatic N) is 1. The summed E-state index contributed by atoms with van der Waals surface area (Å²) in [6.07, 6.45) is 1.97. The van der Waals surface area contributed by atoms with Gasteiger partial charge in [-0.05, 0) is 33.0 Å². The van der Waals surface area contributed by atoms with Gasteiger partial charge < -0.3 is 20.3 Å². The molecule has 1 saturated heterocycles. The van der Waals surface area contributed by atoms with Crippen LogP contribution in [0.5, 0.6) is 0 Å². The second-order valence-electron chi connectivity index (χ2n) is 4.61. The van der Waals surface area contributed by atoms with Gasteiger partial charge in [-0.15, -0.1) is 24.8 Å². The van der Waals surface area contributed by atoms with E-state index in [0.29, 0.717) is 13.2 Å². The zero-order valence-corrected chi connectivity index (χ0v) is 13.4. The van der Waals surface area contributed by atoms with Crippen molar-refractivity contribution in [1.29, 1.82) is 0 Å². The number of hydrogen-bond acceptors (Lipinski definition) is 4. The van der Waals surface area contributed by atoms with Crippen LogP contribution in [0.15, 0.2) is 0 Å². The fourth-order valence-corrected chi connectivity index (χ4v) is 1.99. The van der Waals surface area contributed by atoms with E-state index in [1.807, 2.05) is 0 Å². The van der Waals surface area contributed by atoms with Crippen LogP contribution in [0.1, 0.15) is 12.8 Å². The number of rotatable bonds is 7. The molecule has 0 aromatic heterocycles. The van der Waals surface area contributed by atoms with Crippen LogP contribution in [0.4, 0.5) is 0 Å². The number of carbonyl (C=O) groups is 1. The summed E-state index contributed by atoms with van der Waals surface area (Å²) in [7, 11) is 3.79. The molecule has 1 rings (SSSR count). The van der Waals surface area contributed by atoms with Gasteiger partial charge in [0.25, 0.3) is 0 Å². The highest BCUT2D eigenvalue weighted by Crippen LogP contribution is 2.15. The van der Waals surface area contributed by atoms with E-state index >= 15 is 0 Å². The third kappa shape index (κ3) is 9.46. The maximum absolute atomic E-state index is 11.8. The van der Waals surface area contributed by atoms with Gasteiger partial charge in [0.05, 0.1) is 6.61 Å². The van der Waals surface area contributed by atoms with E-state index in [-0.39, 0.29) is 36.6 Å². The third-order valence-electron chi connectivity index (χ3n) is 3.17. The van der Waals surface area contributed by atoms with Crippen molar-refractivity contribution in [2.75, 3.05) is 53.5 Å². The van der Waals surface area contributed by atoms with Crippen LogP contribution in [0.25, 0.3) is 0 Å². The number of methoxy groups -OCH3 is 1. The fraction of sp³-hybridized carbons (Fsp3) is 0.917. The van der Waals surface area contributed by atoms with E-state index in [2.05, 4.69) is 22.6 Å². The number of halogens is 2. The Morgan fingerprint density at radius 2 is 1.84 bits per heavy atom. The maximum Gasteiger partial charge on any atom is 0.223 e. The molecule has 1 aliphatic heterocycles. The Hall–Kier alpha value is -0.0700. The molecule has 0 aliphatic carbocycles. The molecule has 1 fully saturated rings. The first-order valence-corrected chi connectivity index (χ1v) is 6.40. The molecular weight excluding hydrogens is 289 g/mol. The molecule has 0 unspecified atom stereocenters. The average Bonchev–Trinajstić information content (AvgIpc) is 2.34. The number of carbonyl (C=O) groups excluding carboxylic acids is 1. The van der Waals surface area contributed by atoms with Crippen molar-refractivity contribution in [3.8, 4) is 0 Å². The van der Waals surface area contributed by atoms with E-state index in [9.17, 15) is 4.79 Å². The van der Waals surface area contributed by atoms with Gasteiger partial charge in [0.1, 0.15) is 0 Å². The molecule has 0 spiro atoms. The van der Waals surface area contributed by atoms with Gasteiger partial charge in [-0.25, -0.2) is 0 Å². The van der Waals surface area contributed by atoms with Gasteiger partial charge in [-0.1, -0.05) is 0 Å². The largest absolute Gasteiger partial charge is 0.383 e. The van der Waals surface area contributed by atoms with Crippen molar-refractivity contribution in [1.82, 2.24) is 15.5 Å². The lowest BCUT2D eigenvalue weighted by atomic mass is 9.96. The number of hydrogen-bond donors (Lipinski definition) is 2. The summed E-state index contributed by atoms with van der Waals surface area (Å²) < 4.78 is 4.92. The first-order valence-electron chi connectivity index (χ1n) is 6.40. The number of ether oxygens (including phenoxy) is 1. The molecule has 7 heteroatoms. The Labute approximate surface area is 128 Å². The minimum atomic E-state index is 0. The minimum Gasteiger partial charge on any atom is -0.383 e. The predicted octanol–water partition coefficient (Wildman–Crippen LogP) is 0.524. The quantitative estimate of drug-likeness (QED) is 0.673. The lowest BCUT2D eigenvalue weighted by Gasteiger charge is -2.28. The molecule has 19 heavy (non-hydrogen) atoms. The maximum atomic E-state index is 11.8. The van der Waals surface area contributed by atoms with Gasteiger partial charge in [0.2, 0.25) is 5.91 Å². The lowest BCUT2D eigenvalue weighted by Crippen LogP contribution is -2.41. The minimum absolute atomic E-state index is 0. The predicted molar refractivity (Wildman–Crippen MR) is 82.5 cm³/mol. The van der Waals surface area contributed by atoms with E-state index in [4.69, 9.17) is 4.74 Å². The van der Waals surface area contributed by atoms with E-state index < -0.39 is 0 Å². The van der Waals surface area contributed by atoms with Crippen LogP contribution in [0.3, 0.4) is 0 Å². The Morgan fingerprint density at radius 3 is 2.42 bits per heavy atom. The molecule has 0 saturated carbocycles. The van der Waals surface area contributed by atoms with E-state index in [0.717, 1.165) is 39.0 Å². The summed E-state index contributed by atoms with van der Waals surface area (Å²) in [5.41, 5.74) is 0. The molecule has 1 amide bonds. The van der Waals surface area contributed by atoms with Crippen LogP contribution in [-0.2, 0) is 9.53 Å². The summed E-state index contributed by atoms with van der Waals surface area (Å²) in [6, 6.07) is 0. The fourth-order valence-electron chi connectivity index (χ4n) is 1.99. The normalized spacial score (nSPS) is 16.3. The standard InChI is InChI=1S/C12H25N3O2.2ClH/c1-15-8-3-11(4-9-15)12(16)14-6-5-13-7-10-17-2;;/h11,13H,3-10H2,1-2H3,(H,14,16);2*1H. The molecule has 2 N–H and O–H groups in total. The molecule has 116 valence electrons. The van der Waals surface area contributed by atoms with Crippen molar-refractivity contribution in [2.45, 2.75) is 12.8 Å². The second kappa shape index (κ2) is 12.9. The molecule has 5 nitrogen and oxygen atoms in total. The Bertz CT molecular complexity index is 225. The Morgan fingerprint density at radius 1 is 1.21 bits per heavy atom. The van der Waals surface area contributed by atoms with Crippen molar-refractivity contribution >= 4 is 30.7 Å². The highest BCUT2D eigenvalue weighted by Gasteiger charge is 2.22. The third-order valence-corrected chi connectivity index (χ3v) is 3.17. The molecular formula is C12H27Cl2N3O2. The number of amides is 1. The first kappa shape index (κ1) is 21.2. The second-order valence-corrected chi connectivity index (χ2v) is 4.61. The Balaban J connectivity index is 0. The van der Waals surface area contributed by atoms with Gasteiger partial charge >= 0.3 is 0 Å². The van der Waals surface area contributed by atoms with Crippen molar-refractivity contribution in [3.05, 3.63) is 0 Å². The molecule has 0 bridgehead atoms. The molecule has 0 atom stereocenters. The van der Waals surface area contributed by atoms with Crippen molar-refractivity contribution < 1.29 is 9.53 Å². The number of piperidine rings is 1. The zero-order chi connectivity index (χ0) is 12.5. The van der Waals surface area contributed by atoms with Crippen LogP contribution in [0, 0.1) is 5.92 Å². The highest BCUT2D eigenvalue weighted by atomic mass is 35.5. The van der Waals surface area contributed by atoms with Crippen molar-refractivity contribution in [2.24, 2.45) is 5.92 Å². The molecule has 0 aromatic rings. The summed E-state index contributed by atoms with van der Waals surface area (Å²) in [6.45, 7) is 5.12. The van der Waals surface area contributed by atoms with Crippen LogP contribution in [0.2, 0.25) is 0 Å². The number of nitrogens with one attached hydrogen (secondary N) is 2. The van der Waals surface area contributed by atoms with E-state index in [1.54, 1.807) is 7.11 Å². The van der Waals surface area contributed by atoms with Crippen LogP contribution >= 0.6 is 24.8 Å². The average molecular weight is 316 g/mol. The molecule has 0 radical (unpaired) electrons. The van der Waals surface area contributed by atoms with Crippen LogP contribution in [-0.4, -0.2) is 64.3 Å². The zero-order valence-electron chi connectivity index (χ0n) is 11.8. The molecule has 1 aliphatic rings. The first-order chi connectivity index (χ1) is 8.24. The van der Waals surface area contributed by atoms with Gasteiger partial charge in [-0.2, -0.15) is 0 Å². The summed E-state index contributed by atoms with van der Waals surface area (Å²) in [4.78, 5) is 14.1. The van der Waals surface area contributed by atoms with E-state index in [1.165, 1.54) is 0 Å². The SMILES string of the molecule is COCCNCCNC(=O)C1CCN(C)CC1.Cl.Cl. The Kier molecular flexibility index (Phi) is 14.5. The summed E-state index contributed by atoms with van der Waals surface area (Å²) >= 11 is 0. The van der Waals surface area contributed by atoms with Crippen molar-refractivity contribution in [3.63, 3.8) is 0 Å². The number of likely N-dealkylation sites (tertiary alicyclic amines) is 1. The summed E-state index contributed by atoms with van der Waals surface area (Å²) in [5, 5.41) is 6.19. The monoisotopic (exact) mass is 315 g/mol. The van der Waals surface area contributed by atoms with Gasteiger partial charge in [-0.3, -0.25) is 4.79 Å². The highest BCUT2D eigenvalue weighted by molar-refractivity contribution is 5.85. The lowest BCUT2D eigenvalue weighted by molar-refractivity contribution is -0.126. The molecule has 1 heterocycles.